The number of para-hydroxylation sites is 1. The van der Waals surface area contributed by atoms with Crippen LogP contribution in [0.15, 0.2) is 18.2 Å². The third kappa shape index (κ3) is 3.14. The van der Waals surface area contributed by atoms with Crippen LogP contribution in [-0.4, -0.2) is 39.7 Å². The van der Waals surface area contributed by atoms with Crippen LogP contribution in [0.4, 0.5) is 9.52 Å². The molecule has 1 aliphatic heterocycles. The molecule has 0 unspecified atom stereocenters. The Bertz CT molecular complexity index is 920. The van der Waals surface area contributed by atoms with Gasteiger partial charge in [-0.3, -0.25) is 9.69 Å². The smallest absolute Gasteiger partial charge is 0.273 e. The van der Waals surface area contributed by atoms with E-state index >= 15 is 0 Å². The molecule has 1 aromatic carbocycles. The average molecular weight is 378 g/mol. The van der Waals surface area contributed by atoms with Crippen LogP contribution >= 0.6 is 22.9 Å². The SMILES string of the molecule is Cc1nnsc1C(=O)N(C[C@H]1CCCO1)c1nc2c(F)cccc2s1. The van der Waals surface area contributed by atoms with Crippen LogP contribution in [-0.2, 0) is 4.74 Å². The molecule has 0 saturated carbocycles. The van der Waals surface area contributed by atoms with Crippen LogP contribution < -0.4 is 4.90 Å². The molecular weight excluding hydrogens is 363 g/mol. The van der Waals surface area contributed by atoms with E-state index in [-0.39, 0.29) is 23.3 Å². The van der Waals surface area contributed by atoms with Gasteiger partial charge in [0.1, 0.15) is 16.2 Å². The molecule has 0 aliphatic carbocycles. The molecule has 3 heterocycles. The van der Waals surface area contributed by atoms with E-state index in [2.05, 4.69) is 14.6 Å². The van der Waals surface area contributed by atoms with Crippen LogP contribution in [0.5, 0.6) is 0 Å². The Morgan fingerprint density at radius 2 is 2.36 bits per heavy atom. The molecule has 0 radical (unpaired) electrons. The van der Waals surface area contributed by atoms with Crippen molar-refractivity contribution in [3.05, 3.63) is 34.6 Å². The summed E-state index contributed by atoms with van der Waals surface area (Å²) in [6.07, 6.45) is 1.83. The third-order valence-corrected chi connectivity index (χ3v) is 5.95. The number of rotatable bonds is 4. The number of hydrogen-bond donors (Lipinski definition) is 0. The summed E-state index contributed by atoms with van der Waals surface area (Å²) >= 11 is 2.35. The van der Waals surface area contributed by atoms with Gasteiger partial charge in [0.05, 0.1) is 23.0 Å². The van der Waals surface area contributed by atoms with Crippen molar-refractivity contribution in [3.8, 4) is 0 Å². The Morgan fingerprint density at radius 3 is 3.04 bits per heavy atom. The predicted octanol–water partition coefficient (Wildman–Crippen LogP) is 3.42. The molecule has 1 amide bonds. The number of hydrogen-bond acceptors (Lipinski definition) is 7. The van der Waals surface area contributed by atoms with Gasteiger partial charge in [-0.05, 0) is 43.4 Å². The van der Waals surface area contributed by atoms with Crippen LogP contribution in [0.2, 0.25) is 0 Å². The van der Waals surface area contributed by atoms with Gasteiger partial charge >= 0.3 is 0 Å². The number of anilines is 1. The largest absolute Gasteiger partial charge is 0.376 e. The summed E-state index contributed by atoms with van der Waals surface area (Å²) in [6, 6.07) is 4.81. The van der Waals surface area contributed by atoms with Crippen LogP contribution in [0.1, 0.15) is 28.2 Å². The third-order valence-electron chi connectivity index (χ3n) is 4.09. The molecule has 0 spiro atoms. The minimum Gasteiger partial charge on any atom is -0.376 e. The topological polar surface area (TPSA) is 68.2 Å². The normalized spacial score (nSPS) is 17.3. The Kier molecular flexibility index (Phi) is 4.45. The number of halogens is 1. The standard InChI is InChI=1S/C16H15FN4O2S2/c1-9-14(25-20-19-9)15(22)21(8-10-4-3-7-23-10)16-18-13-11(17)5-2-6-12(13)24-16/h2,5-6,10H,3-4,7-8H2,1H3/t10-/m1/s1. The van der Waals surface area contributed by atoms with Gasteiger partial charge in [-0.15, -0.1) is 5.10 Å². The molecule has 130 valence electrons. The molecule has 1 aliphatic rings. The quantitative estimate of drug-likeness (QED) is 0.696. The van der Waals surface area contributed by atoms with E-state index in [0.717, 1.165) is 24.4 Å². The molecule has 1 saturated heterocycles. The first-order chi connectivity index (χ1) is 12.1. The van der Waals surface area contributed by atoms with Crippen molar-refractivity contribution in [1.82, 2.24) is 14.6 Å². The van der Waals surface area contributed by atoms with Gasteiger partial charge in [-0.2, -0.15) is 0 Å². The fourth-order valence-electron chi connectivity index (χ4n) is 2.81. The highest BCUT2D eigenvalue weighted by Gasteiger charge is 2.29. The molecular formula is C16H15FN4O2S2. The van der Waals surface area contributed by atoms with E-state index in [1.807, 2.05) is 0 Å². The molecule has 25 heavy (non-hydrogen) atoms. The first-order valence-corrected chi connectivity index (χ1v) is 9.50. The predicted molar refractivity (Wildman–Crippen MR) is 94.9 cm³/mol. The summed E-state index contributed by atoms with van der Waals surface area (Å²) in [5.41, 5.74) is 0.867. The Morgan fingerprint density at radius 1 is 1.48 bits per heavy atom. The molecule has 2 aromatic heterocycles. The maximum Gasteiger partial charge on any atom is 0.273 e. The van der Waals surface area contributed by atoms with Crippen molar-refractivity contribution < 1.29 is 13.9 Å². The maximum atomic E-state index is 14.0. The van der Waals surface area contributed by atoms with Gasteiger partial charge in [-0.1, -0.05) is 21.9 Å². The number of carbonyl (C=O) groups excluding carboxylic acids is 1. The number of ether oxygens (including phenoxy) is 1. The van der Waals surface area contributed by atoms with Crippen molar-refractivity contribution in [2.45, 2.75) is 25.9 Å². The van der Waals surface area contributed by atoms with Gasteiger partial charge < -0.3 is 4.74 Å². The van der Waals surface area contributed by atoms with Gasteiger partial charge in [0.25, 0.3) is 5.91 Å². The van der Waals surface area contributed by atoms with Crippen LogP contribution in [0.3, 0.4) is 0 Å². The summed E-state index contributed by atoms with van der Waals surface area (Å²) in [5.74, 6) is -0.609. The van der Waals surface area contributed by atoms with E-state index in [9.17, 15) is 9.18 Å². The Hall–Kier alpha value is -1.97. The van der Waals surface area contributed by atoms with E-state index in [1.54, 1.807) is 24.0 Å². The van der Waals surface area contributed by atoms with Crippen LogP contribution in [0.25, 0.3) is 10.2 Å². The summed E-state index contributed by atoms with van der Waals surface area (Å²) in [4.78, 5) is 19.5. The number of aromatic nitrogens is 3. The average Bonchev–Trinajstić information content (AvgIpc) is 3.32. The summed E-state index contributed by atoms with van der Waals surface area (Å²) < 4.78 is 24.2. The van der Waals surface area contributed by atoms with E-state index in [0.29, 0.717) is 33.6 Å². The lowest BCUT2D eigenvalue weighted by Crippen LogP contribution is -2.37. The van der Waals surface area contributed by atoms with E-state index in [4.69, 9.17) is 4.74 Å². The second-order valence-electron chi connectivity index (χ2n) is 5.82. The minimum absolute atomic E-state index is 0.0398. The highest BCUT2D eigenvalue weighted by Crippen LogP contribution is 2.32. The Balaban J connectivity index is 1.74. The molecule has 0 N–H and O–H groups in total. The molecule has 0 bridgehead atoms. The highest BCUT2D eigenvalue weighted by atomic mass is 32.1. The maximum absolute atomic E-state index is 14.0. The first kappa shape index (κ1) is 16.5. The van der Waals surface area contributed by atoms with Gasteiger partial charge in [-0.25, -0.2) is 9.37 Å². The monoisotopic (exact) mass is 378 g/mol. The first-order valence-electron chi connectivity index (χ1n) is 7.91. The van der Waals surface area contributed by atoms with Crippen molar-refractivity contribution in [1.29, 1.82) is 0 Å². The summed E-state index contributed by atoms with van der Waals surface area (Å²) in [5, 5.41) is 4.38. The Labute approximate surface area is 151 Å². The number of amides is 1. The van der Waals surface area contributed by atoms with Crippen molar-refractivity contribution in [2.24, 2.45) is 0 Å². The van der Waals surface area contributed by atoms with Crippen molar-refractivity contribution >= 4 is 44.1 Å². The second kappa shape index (κ2) is 6.74. The van der Waals surface area contributed by atoms with E-state index in [1.165, 1.54) is 17.4 Å². The number of carbonyl (C=O) groups is 1. The molecule has 4 rings (SSSR count). The number of nitrogens with zero attached hydrogens (tertiary/aromatic N) is 4. The lowest BCUT2D eigenvalue weighted by Gasteiger charge is -2.22. The zero-order valence-corrected chi connectivity index (χ0v) is 15.1. The minimum atomic E-state index is -0.389. The fraction of sp³-hybridized carbons (Fsp3) is 0.375. The number of thiazole rings is 1. The molecule has 1 fully saturated rings. The van der Waals surface area contributed by atoms with Gasteiger partial charge in [0.15, 0.2) is 5.13 Å². The summed E-state index contributed by atoms with van der Waals surface area (Å²) in [7, 11) is 0. The number of benzene rings is 1. The highest BCUT2D eigenvalue weighted by molar-refractivity contribution is 7.22. The van der Waals surface area contributed by atoms with E-state index < -0.39 is 0 Å². The molecule has 9 heteroatoms. The fourth-order valence-corrected chi connectivity index (χ4v) is 4.40. The van der Waals surface area contributed by atoms with Gasteiger partial charge in [0.2, 0.25) is 0 Å². The van der Waals surface area contributed by atoms with Crippen molar-refractivity contribution in [3.63, 3.8) is 0 Å². The molecule has 6 nitrogen and oxygen atoms in total. The second-order valence-corrected chi connectivity index (χ2v) is 7.58. The zero-order valence-electron chi connectivity index (χ0n) is 13.4. The van der Waals surface area contributed by atoms with Gasteiger partial charge in [0, 0.05) is 6.61 Å². The zero-order chi connectivity index (χ0) is 17.4. The summed E-state index contributed by atoms with van der Waals surface area (Å²) in [6.45, 7) is 2.83. The molecule has 3 aromatic rings. The number of aryl methyl sites for hydroxylation is 1. The lowest BCUT2D eigenvalue weighted by molar-refractivity contribution is 0.0920. The lowest BCUT2D eigenvalue weighted by atomic mass is 10.2. The van der Waals surface area contributed by atoms with Crippen molar-refractivity contribution in [2.75, 3.05) is 18.1 Å². The molecule has 1 atom stereocenters. The number of fused-ring (bicyclic) bond motifs is 1. The van der Waals surface area contributed by atoms with Crippen LogP contribution in [0, 0.1) is 12.7 Å².